The minimum Gasteiger partial charge on any atom is -0.383 e. The Kier molecular flexibility index (Phi) is 5.45. The maximum absolute atomic E-state index is 5.21. The predicted molar refractivity (Wildman–Crippen MR) is 59.6 cm³/mol. The lowest BCUT2D eigenvalue weighted by atomic mass is 10.2. The van der Waals surface area contributed by atoms with Crippen LogP contribution in [-0.2, 0) is 4.74 Å². The second kappa shape index (κ2) is 6.38. The Labute approximate surface area is 87.8 Å². The summed E-state index contributed by atoms with van der Waals surface area (Å²) >= 11 is 0. The van der Waals surface area contributed by atoms with Crippen LogP contribution in [0.15, 0.2) is 0 Å². The van der Waals surface area contributed by atoms with Gasteiger partial charge < -0.3 is 15.0 Å². The van der Waals surface area contributed by atoms with Crippen molar-refractivity contribution in [2.24, 2.45) is 5.92 Å². The second-order valence-electron chi connectivity index (χ2n) is 4.25. The highest BCUT2D eigenvalue weighted by Gasteiger charge is 2.30. The molecule has 1 atom stereocenters. The van der Waals surface area contributed by atoms with Crippen LogP contribution in [0.4, 0.5) is 0 Å². The third kappa shape index (κ3) is 4.40. The van der Waals surface area contributed by atoms with E-state index >= 15 is 0 Å². The summed E-state index contributed by atoms with van der Waals surface area (Å²) in [4.78, 5) is 2.32. The SMILES string of the molecule is CCN(C)CCNC(COC)C1CC1. The van der Waals surface area contributed by atoms with Crippen LogP contribution in [0.2, 0.25) is 0 Å². The van der Waals surface area contributed by atoms with Crippen LogP contribution < -0.4 is 5.32 Å². The Hall–Kier alpha value is -0.120. The van der Waals surface area contributed by atoms with E-state index in [9.17, 15) is 0 Å². The molecule has 1 aliphatic rings. The quantitative estimate of drug-likeness (QED) is 0.631. The molecule has 84 valence electrons. The van der Waals surface area contributed by atoms with Crippen LogP contribution in [0.25, 0.3) is 0 Å². The summed E-state index contributed by atoms with van der Waals surface area (Å²) in [5.74, 6) is 0.877. The maximum atomic E-state index is 5.21. The fourth-order valence-corrected chi connectivity index (χ4v) is 1.64. The Bertz CT molecular complexity index is 148. The lowest BCUT2D eigenvalue weighted by molar-refractivity contribution is 0.156. The van der Waals surface area contributed by atoms with E-state index in [1.807, 2.05) is 0 Å². The van der Waals surface area contributed by atoms with E-state index in [2.05, 4.69) is 24.2 Å². The molecule has 1 saturated carbocycles. The van der Waals surface area contributed by atoms with Crippen LogP contribution in [0, 0.1) is 5.92 Å². The lowest BCUT2D eigenvalue weighted by Gasteiger charge is -2.20. The molecular formula is C11H24N2O. The van der Waals surface area contributed by atoms with E-state index in [0.717, 1.165) is 32.2 Å². The first-order valence-corrected chi connectivity index (χ1v) is 5.68. The number of nitrogens with zero attached hydrogens (tertiary/aromatic N) is 1. The Morgan fingerprint density at radius 3 is 2.71 bits per heavy atom. The zero-order valence-corrected chi connectivity index (χ0v) is 9.75. The molecule has 0 amide bonds. The summed E-state index contributed by atoms with van der Waals surface area (Å²) in [5, 5.41) is 3.58. The zero-order chi connectivity index (χ0) is 10.4. The molecule has 0 aromatic carbocycles. The molecule has 0 bridgehead atoms. The van der Waals surface area contributed by atoms with Crippen LogP contribution in [0.1, 0.15) is 19.8 Å². The van der Waals surface area contributed by atoms with Gasteiger partial charge in [-0.3, -0.25) is 0 Å². The van der Waals surface area contributed by atoms with E-state index in [4.69, 9.17) is 4.74 Å². The first-order chi connectivity index (χ1) is 6.77. The Morgan fingerprint density at radius 2 is 2.21 bits per heavy atom. The largest absolute Gasteiger partial charge is 0.383 e. The summed E-state index contributed by atoms with van der Waals surface area (Å²) in [7, 11) is 3.94. The minimum atomic E-state index is 0.588. The van der Waals surface area contributed by atoms with Gasteiger partial charge in [-0.25, -0.2) is 0 Å². The van der Waals surface area contributed by atoms with E-state index in [1.54, 1.807) is 7.11 Å². The minimum absolute atomic E-state index is 0.588. The van der Waals surface area contributed by atoms with Gasteiger partial charge in [-0.15, -0.1) is 0 Å². The molecule has 1 fully saturated rings. The van der Waals surface area contributed by atoms with Gasteiger partial charge in [0.2, 0.25) is 0 Å². The maximum Gasteiger partial charge on any atom is 0.0618 e. The summed E-state index contributed by atoms with van der Waals surface area (Å²) in [6.45, 7) is 6.38. The number of hydrogen-bond acceptors (Lipinski definition) is 3. The van der Waals surface area contributed by atoms with Crippen molar-refractivity contribution in [3.8, 4) is 0 Å². The highest BCUT2D eigenvalue weighted by atomic mass is 16.5. The highest BCUT2D eigenvalue weighted by molar-refractivity contribution is 4.86. The van der Waals surface area contributed by atoms with Crippen LogP contribution in [-0.4, -0.2) is 51.3 Å². The van der Waals surface area contributed by atoms with Crippen molar-refractivity contribution in [3.05, 3.63) is 0 Å². The molecule has 3 heteroatoms. The van der Waals surface area contributed by atoms with Crippen molar-refractivity contribution in [1.82, 2.24) is 10.2 Å². The van der Waals surface area contributed by atoms with E-state index in [0.29, 0.717) is 6.04 Å². The number of likely N-dealkylation sites (N-methyl/N-ethyl adjacent to an activating group) is 1. The van der Waals surface area contributed by atoms with Gasteiger partial charge in [0, 0.05) is 26.2 Å². The predicted octanol–water partition coefficient (Wildman–Crippen LogP) is 0.953. The Balaban J connectivity index is 2.07. The second-order valence-corrected chi connectivity index (χ2v) is 4.25. The van der Waals surface area contributed by atoms with Gasteiger partial charge in [-0.05, 0) is 32.4 Å². The van der Waals surface area contributed by atoms with Gasteiger partial charge in [-0.2, -0.15) is 0 Å². The molecule has 0 spiro atoms. The van der Waals surface area contributed by atoms with Crippen LogP contribution >= 0.6 is 0 Å². The molecule has 14 heavy (non-hydrogen) atoms. The molecule has 0 radical (unpaired) electrons. The summed E-state index contributed by atoms with van der Waals surface area (Å²) < 4.78 is 5.21. The van der Waals surface area contributed by atoms with Gasteiger partial charge in [0.1, 0.15) is 0 Å². The fourth-order valence-electron chi connectivity index (χ4n) is 1.64. The number of nitrogens with one attached hydrogen (secondary N) is 1. The molecule has 3 nitrogen and oxygen atoms in total. The molecule has 0 heterocycles. The standard InChI is InChI=1S/C11H24N2O/c1-4-13(2)8-7-12-11(9-14-3)10-5-6-10/h10-12H,4-9H2,1-3H3. The van der Waals surface area contributed by atoms with Crippen molar-refractivity contribution < 1.29 is 4.74 Å². The average molecular weight is 200 g/mol. The third-order valence-corrected chi connectivity index (χ3v) is 2.98. The first kappa shape index (κ1) is 12.0. The first-order valence-electron chi connectivity index (χ1n) is 5.68. The molecule has 1 N–H and O–H groups in total. The number of ether oxygens (including phenoxy) is 1. The van der Waals surface area contributed by atoms with Crippen molar-refractivity contribution in [2.75, 3.05) is 40.4 Å². The molecule has 1 rings (SSSR count). The average Bonchev–Trinajstić information content (AvgIpc) is 2.99. The van der Waals surface area contributed by atoms with Crippen molar-refractivity contribution in [3.63, 3.8) is 0 Å². The fraction of sp³-hybridized carbons (Fsp3) is 1.00. The van der Waals surface area contributed by atoms with Gasteiger partial charge >= 0.3 is 0 Å². The smallest absolute Gasteiger partial charge is 0.0618 e. The van der Waals surface area contributed by atoms with Gasteiger partial charge in [-0.1, -0.05) is 6.92 Å². The molecule has 0 aromatic heterocycles. The molecule has 1 unspecified atom stereocenters. The van der Waals surface area contributed by atoms with Gasteiger partial charge in [0.15, 0.2) is 0 Å². The molecular weight excluding hydrogens is 176 g/mol. The molecule has 1 aliphatic carbocycles. The molecule has 0 aromatic rings. The summed E-state index contributed by atoms with van der Waals surface area (Å²) in [6.07, 6.45) is 2.76. The number of hydrogen-bond donors (Lipinski definition) is 1. The molecule has 0 saturated heterocycles. The van der Waals surface area contributed by atoms with Gasteiger partial charge in [0.25, 0.3) is 0 Å². The van der Waals surface area contributed by atoms with Crippen LogP contribution in [0.3, 0.4) is 0 Å². The topological polar surface area (TPSA) is 24.5 Å². The zero-order valence-electron chi connectivity index (χ0n) is 9.75. The third-order valence-electron chi connectivity index (χ3n) is 2.98. The highest BCUT2D eigenvalue weighted by Crippen LogP contribution is 2.32. The number of methoxy groups -OCH3 is 1. The van der Waals surface area contributed by atoms with E-state index in [-0.39, 0.29) is 0 Å². The number of rotatable bonds is 8. The summed E-state index contributed by atoms with van der Waals surface area (Å²) in [5.41, 5.74) is 0. The van der Waals surface area contributed by atoms with E-state index < -0.39 is 0 Å². The van der Waals surface area contributed by atoms with E-state index in [1.165, 1.54) is 12.8 Å². The van der Waals surface area contributed by atoms with Gasteiger partial charge in [0.05, 0.1) is 6.61 Å². The normalized spacial score (nSPS) is 18.9. The Morgan fingerprint density at radius 1 is 1.50 bits per heavy atom. The van der Waals surface area contributed by atoms with Crippen LogP contribution in [0.5, 0.6) is 0 Å². The lowest BCUT2D eigenvalue weighted by Crippen LogP contribution is -2.39. The summed E-state index contributed by atoms with van der Waals surface area (Å²) in [6, 6.07) is 0.588. The van der Waals surface area contributed by atoms with Crippen molar-refractivity contribution in [1.29, 1.82) is 0 Å². The molecule has 0 aliphatic heterocycles. The monoisotopic (exact) mass is 200 g/mol. The van der Waals surface area contributed by atoms with Crippen molar-refractivity contribution >= 4 is 0 Å². The van der Waals surface area contributed by atoms with Crippen molar-refractivity contribution in [2.45, 2.75) is 25.8 Å².